The number of carbonyl (C=O) groups excluding carboxylic acids is 2. The second-order valence-electron chi connectivity index (χ2n) is 7.98. The van der Waals surface area contributed by atoms with Crippen molar-refractivity contribution in [2.45, 2.75) is 44.1 Å². The third kappa shape index (κ3) is 3.34. The van der Waals surface area contributed by atoms with Crippen molar-refractivity contribution in [3.8, 4) is 5.75 Å². The number of benzene rings is 1. The molecule has 4 bridgehead atoms. The highest BCUT2D eigenvalue weighted by Crippen LogP contribution is 2.55. The molecule has 0 aromatic heterocycles. The van der Waals surface area contributed by atoms with Gasteiger partial charge in [0, 0.05) is 10.6 Å². The van der Waals surface area contributed by atoms with Gasteiger partial charge in [0.05, 0.1) is 0 Å². The maximum atomic E-state index is 12.3. The van der Waals surface area contributed by atoms with E-state index in [-0.39, 0.29) is 29.4 Å². The van der Waals surface area contributed by atoms with E-state index in [9.17, 15) is 14.7 Å². The van der Waals surface area contributed by atoms with Gasteiger partial charge in [0.2, 0.25) is 0 Å². The summed E-state index contributed by atoms with van der Waals surface area (Å²) < 4.78 is 5.07. The molecular weight excluding hydrogens is 342 g/mol. The number of ether oxygens (including phenoxy) is 1. The number of rotatable bonds is 4. The summed E-state index contributed by atoms with van der Waals surface area (Å²) >= 11 is 5.75. The number of esters is 1. The van der Waals surface area contributed by atoms with E-state index in [4.69, 9.17) is 16.3 Å². The predicted octanol–water partition coefficient (Wildman–Crippen LogP) is 3.29. The third-order valence-electron chi connectivity index (χ3n) is 5.96. The summed E-state index contributed by atoms with van der Waals surface area (Å²) in [7, 11) is 0. The summed E-state index contributed by atoms with van der Waals surface area (Å²) in [5.41, 5.74) is -0.0901. The van der Waals surface area contributed by atoms with Crippen molar-refractivity contribution in [2.75, 3.05) is 6.61 Å². The molecule has 25 heavy (non-hydrogen) atoms. The Morgan fingerprint density at radius 2 is 1.76 bits per heavy atom. The minimum Gasteiger partial charge on any atom is -0.507 e. The van der Waals surface area contributed by atoms with Crippen LogP contribution in [-0.2, 0) is 9.53 Å². The van der Waals surface area contributed by atoms with Crippen molar-refractivity contribution in [3.05, 3.63) is 28.8 Å². The maximum Gasteiger partial charge on any atom is 0.342 e. The maximum absolute atomic E-state index is 12.3. The molecule has 4 aliphatic rings. The first-order valence-corrected chi connectivity index (χ1v) is 9.27. The summed E-state index contributed by atoms with van der Waals surface area (Å²) in [5.74, 6) is 0.970. The van der Waals surface area contributed by atoms with Gasteiger partial charge in [0.25, 0.3) is 5.91 Å². The fourth-order valence-corrected chi connectivity index (χ4v) is 5.65. The highest BCUT2D eigenvalue weighted by Gasteiger charge is 2.51. The van der Waals surface area contributed by atoms with Crippen LogP contribution in [0.5, 0.6) is 5.75 Å². The van der Waals surface area contributed by atoms with Gasteiger partial charge in [-0.1, -0.05) is 11.6 Å². The van der Waals surface area contributed by atoms with Crippen LogP contribution in [0.4, 0.5) is 0 Å². The lowest BCUT2D eigenvalue weighted by molar-refractivity contribution is -0.130. The highest BCUT2D eigenvalue weighted by molar-refractivity contribution is 6.30. The molecule has 134 valence electrons. The van der Waals surface area contributed by atoms with Crippen LogP contribution in [0.25, 0.3) is 0 Å². The van der Waals surface area contributed by atoms with Crippen molar-refractivity contribution in [2.24, 2.45) is 17.8 Å². The molecule has 5 rings (SSSR count). The van der Waals surface area contributed by atoms with Crippen LogP contribution in [-0.4, -0.2) is 29.1 Å². The molecule has 2 N–H and O–H groups in total. The molecule has 0 spiro atoms. The lowest BCUT2D eigenvalue weighted by atomic mass is 9.53. The fraction of sp³-hybridized carbons (Fsp3) is 0.579. The predicted molar refractivity (Wildman–Crippen MR) is 92.4 cm³/mol. The molecule has 1 amide bonds. The summed E-state index contributed by atoms with van der Waals surface area (Å²) in [6.45, 7) is -0.331. The molecule has 0 atom stereocenters. The first-order chi connectivity index (χ1) is 11.9. The molecule has 4 aliphatic carbocycles. The summed E-state index contributed by atoms with van der Waals surface area (Å²) in [6.07, 6.45) is 7.07. The molecule has 1 aromatic rings. The van der Waals surface area contributed by atoms with Gasteiger partial charge in [-0.2, -0.15) is 0 Å². The second-order valence-corrected chi connectivity index (χ2v) is 8.42. The number of aromatic hydroxyl groups is 1. The number of hydrogen-bond acceptors (Lipinski definition) is 4. The molecule has 0 heterocycles. The van der Waals surface area contributed by atoms with Crippen LogP contribution in [0.3, 0.4) is 0 Å². The molecule has 6 heteroatoms. The van der Waals surface area contributed by atoms with E-state index >= 15 is 0 Å². The van der Waals surface area contributed by atoms with Crippen molar-refractivity contribution in [3.63, 3.8) is 0 Å². The van der Waals surface area contributed by atoms with E-state index in [1.165, 1.54) is 37.5 Å². The zero-order valence-electron chi connectivity index (χ0n) is 14.0. The highest BCUT2D eigenvalue weighted by atomic mass is 35.5. The van der Waals surface area contributed by atoms with E-state index in [0.717, 1.165) is 37.0 Å². The second kappa shape index (κ2) is 6.20. The van der Waals surface area contributed by atoms with Gasteiger partial charge in [0.15, 0.2) is 6.61 Å². The van der Waals surface area contributed by atoms with E-state index in [1.807, 2.05) is 0 Å². The Balaban J connectivity index is 1.34. The number of halogens is 1. The first kappa shape index (κ1) is 16.7. The number of amides is 1. The first-order valence-electron chi connectivity index (χ1n) is 8.89. The van der Waals surface area contributed by atoms with Gasteiger partial charge in [-0.25, -0.2) is 4.79 Å². The van der Waals surface area contributed by atoms with Crippen LogP contribution in [0.15, 0.2) is 18.2 Å². The molecule has 0 saturated heterocycles. The topological polar surface area (TPSA) is 75.6 Å². The van der Waals surface area contributed by atoms with Crippen molar-refractivity contribution >= 4 is 23.5 Å². The molecule has 1 aromatic carbocycles. The molecule has 0 radical (unpaired) electrons. The Bertz CT molecular complexity index is 682. The molecule has 4 saturated carbocycles. The average Bonchev–Trinajstić information content (AvgIpc) is 2.50. The number of phenols is 1. The van der Waals surface area contributed by atoms with Crippen LogP contribution in [0.2, 0.25) is 5.02 Å². The normalized spacial score (nSPS) is 32.4. The number of carbonyl (C=O) groups is 2. The summed E-state index contributed by atoms with van der Waals surface area (Å²) in [6, 6.07) is 4.15. The van der Waals surface area contributed by atoms with E-state index < -0.39 is 5.97 Å². The Kier molecular flexibility index (Phi) is 4.14. The monoisotopic (exact) mass is 363 g/mol. The van der Waals surface area contributed by atoms with Gasteiger partial charge >= 0.3 is 5.97 Å². The standard InChI is InChI=1S/C19H22ClNO4/c20-14-1-2-15(16(22)6-14)18(24)25-10-17(23)21-19-7-11-3-12(8-19)5-13(4-11)9-19/h1-2,6,11-13,22H,3-5,7-10H2,(H,21,23). The van der Waals surface area contributed by atoms with E-state index in [1.54, 1.807) is 0 Å². The molecule has 0 aliphatic heterocycles. The van der Waals surface area contributed by atoms with Crippen LogP contribution in [0.1, 0.15) is 48.9 Å². The molecule has 5 nitrogen and oxygen atoms in total. The zero-order valence-corrected chi connectivity index (χ0v) is 14.7. The van der Waals surface area contributed by atoms with Gasteiger partial charge in [0.1, 0.15) is 11.3 Å². The SMILES string of the molecule is O=C(COC(=O)c1ccc(Cl)cc1O)NC12CC3CC(CC(C3)C1)C2. The molecular formula is C19H22ClNO4. The van der Waals surface area contributed by atoms with E-state index in [2.05, 4.69) is 5.32 Å². The van der Waals surface area contributed by atoms with E-state index in [0.29, 0.717) is 5.02 Å². The number of nitrogens with one attached hydrogen (secondary N) is 1. The Morgan fingerprint density at radius 1 is 1.16 bits per heavy atom. The summed E-state index contributed by atoms with van der Waals surface area (Å²) in [5, 5.41) is 13.2. The molecule has 4 fully saturated rings. The smallest absolute Gasteiger partial charge is 0.342 e. The van der Waals surface area contributed by atoms with Crippen LogP contribution in [0, 0.1) is 17.8 Å². The van der Waals surface area contributed by atoms with Crippen LogP contribution < -0.4 is 5.32 Å². The largest absolute Gasteiger partial charge is 0.507 e. The van der Waals surface area contributed by atoms with Gasteiger partial charge in [-0.15, -0.1) is 0 Å². The third-order valence-corrected chi connectivity index (χ3v) is 6.19. The summed E-state index contributed by atoms with van der Waals surface area (Å²) in [4.78, 5) is 24.4. The van der Waals surface area contributed by atoms with Gasteiger partial charge < -0.3 is 15.2 Å². The van der Waals surface area contributed by atoms with Gasteiger partial charge in [-0.3, -0.25) is 4.79 Å². The molecule has 0 unspecified atom stereocenters. The number of phenolic OH excluding ortho intramolecular Hbond substituents is 1. The quantitative estimate of drug-likeness (QED) is 0.805. The van der Waals surface area contributed by atoms with Gasteiger partial charge in [-0.05, 0) is 74.5 Å². The fourth-order valence-electron chi connectivity index (χ4n) is 5.48. The van der Waals surface area contributed by atoms with Crippen molar-refractivity contribution < 1.29 is 19.4 Å². The van der Waals surface area contributed by atoms with Crippen molar-refractivity contribution in [1.82, 2.24) is 5.32 Å². The van der Waals surface area contributed by atoms with Crippen LogP contribution >= 0.6 is 11.6 Å². The Hall–Kier alpha value is -1.75. The average molecular weight is 364 g/mol. The number of hydrogen-bond donors (Lipinski definition) is 2. The zero-order chi connectivity index (χ0) is 17.6. The lowest BCUT2D eigenvalue weighted by Crippen LogP contribution is -2.60. The minimum absolute atomic E-state index is 0.00649. The van der Waals surface area contributed by atoms with Crippen molar-refractivity contribution in [1.29, 1.82) is 0 Å². The Labute approximate surface area is 151 Å². The lowest BCUT2D eigenvalue weighted by Gasteiger charge is -2.56. The minimum atomic E-state index is -0.727. The Morgan fingerprint density at radius 3 is 2.32 bits per heavy atom.